The molecule has 0 saturated carbocycles. The van der Waals surface area contributed by atoms with Crippen molar-refractivity contribution in [2.45, 2.75) is 39.0 Å². The van der Waals surface area contributed by atoms with E-state index in [1.165, 1.54) is 7.11 Å². The zero-order chi connectivity index (χ0) is 12.4. The van der Waals surface area contributed by atoms with E-state index in [1.807, 2.05) is 6.92 Å². The zero-order valence-electron chi connectivity index (χ0n) is 9.67. The van der Waals surface area contributed by atoms with Gasteiger partial charge in [0.15, 0.2) is 0 Å². The minimum absolute atomic E-state index is 0.202. The summed E-state index contributed by atoms with van der Waals surface area (Å²) in [4.78, 5) is 32.6. The number of Topliss-reactive ketones (excluding diaryl/α,β-unsaturated/α-hetero) is 1. The minimum Gasteiger partial charge on any atom is -0.452 e. The van der Waals surface area contributed by atoms with E-state index in [2.05, 4.69) is 15.6 Å². The number of unbranched alkanes of at least 4 members (excludes halogenated alkanes) is 1. The van der Waals surface area contributed by atoms with Crippen LogP contribution in [0.3, 0.4) is 0 Å². The number of carbonyl (C=O) groups is 3. The number of nitrogens with one attached hydrogen (secondary N) is 2. The van der Waals surface area contributed by atoms with Crippen molar-refractivity contribution in [2.75, 3.05) is 7.11 Å². The van der Waals surface area contributed by atoms with E-state index in [0.717, 1.165) is 0 Å². The Morgan fingerprint density at radius 3 is 2.25 bits per heavy atom. The third-order valence-corrected chi connectivity index (χ3v) is 1.99. The number of carbonyl (C=O) groups excluding carboxylic acids is 3. The van der Waals surface area contributed by atoms with E-state index in [-0.39, 0.29) is 18.1 Å². The smallest absolute Gasteiger partial charge is 0.425 e. The molecule has 6 nitrogen and oxygen atoms in total. The maximum atomic E-state index is 11.1. The van der Waals surface area contributed by atoms with E-state index in [1.54, 1.807) is 0 Å². The first-order valence-corrected chi connectivity index (χ1v) is 5.24. The molecule has 0 unspecified atom stereocenters. The summed E-state index contributed by atoms with van der Waals surface area (Å²) in [6.45, 7) is 1.81. The fourth-order valence-electron chi connectivity index (χ4n) is 1.02. The Balaban J connectivity index is 3.44. The standard InChI is InChI=1S/C10H18N2O4/c1-3-8(13)6-4-5-7-9(14)11-12-10(15)16-2/h3-7H2,1-2H3,(H,11,14)(H,12,15). The Hall–Kier alpha value is -1.59. The minimum atomic E-state index is -0.713. The maximum absolute atomic E-state index is 11.1. The molecule has 0 saturated heterocycles. The summed E-state index contributed by atoms with van der Waals surface area (Å²) in [6.07, 6.45) is 1.93. The first kappa shape index (κ1) is 14.4. The van der Waals surface area contributed by atoms with Crippen molar-refractivity contribution in [3.63, 3.8) is 0 Å². The average molecular weight is 230 g/mol. The Morgan fingerprint density at radius 1 is 1.06 bits per heavy atom. The molecule has 0 radical (unpaired) electrons. The van der Waals surface area contributed by atoms with Crippen LogP contribution in [0.15, 0.2) is 0 Å². The molecule has 0 bridgehead atoms. The van der Waals surface area contributed by atoms with Gasteiger partial charge in [0, 0.05) is 19.3 Å². The topological polar surface area (TPSA) is 84.5 Å². The molecule has 92 valence electrons. The first-order chi connectivity index (χ1) is 7.60. The molecule has 0 aromatic carbocycles. The molecular weight excluding hydrogens is 212 g/mol. The van der Waals surface area contributed by atoms with Crippen molar-refractivity contribution in [1.29, 1.82) is 0 Å². The molecule has 0 aliphatic heterocycles. The van der Waals surface area contributed by atoms with Gasteiger partial charge >= 0.3 is 6.09 Å². The van der Waals surface area contributed by atoms with Gasteiger partial charge in [-0.25, -0.2) is 10.2 Å². The maximum Gasteiger partial charge on any atom is 0.425 e. The van der Waals surface area contributed by atoms with Crippen LogP contribution in [0.2, 0.25) is 0 Å². The molecule has 0 rings (SSSR count). The van der Waals surface area contributed by atoms with E-state index in [0.29, 0.717) is 25.7 Å². The fraction of sp³-hybridized carbons (Fsp3) is 0.700. The lowest BCUT2D eigenvalue weighted by Gasteiger charge is -2.05. The number of methoxy groups -OCH3 is 1. The van der Waals surface area contributed by atoms with Crippen molar-refractivity contribution < 1.29 is 19.1 Å². The molecule has 2 N–H and O–H groups in total. The molecular formula is C10H18N2O4. The lowest BCUT2D eigenvalue weighted by molar-refractivity contribution is -0.122. The monoisotopic (exact) mass is 230 g/mol. The number of ether oxygens (including phenoxy) is 1. The van der Waals surface area contributed by atoms with Crippen LogP contribution in [0, 0.1) is 0 Å². The number of amides is 2. The highest BCUT2D eigenvalue weighted by Crippen LogP contribution is 2.01. The average Bonchev–Trinajstić information content (AvgIpc) is 2.31. The van der Waals surface area contributed by atoms with Crippen molar-refractivity contribution in [1.82, 2.24) is 10.9 Å². The van der Waals surface area contributed by atoms with Crippen LogP contribution in [-0.2, 0) is 14.3 Å². The lowest BCUT2D eigenvalue weighted by Crippen LogP contribution is -2.41. The Kier molecular flexibility index (Phi) is 7.83. The van der Waals surface area contributed by atoms with Crippen molar-refractivity contribution in [2.24, 2.45) is 0 Å². The van der Waals surface area contributed by atoms with Crippen molar-refractivity contribution >= 4 is 17.8 Å². The zero-order valence-corrected chi connectivity index (χ0v) is 9.67. The van der Waals surface area contributed by atoms with Gasteiger partial charge in [0.05, 0.1) is 7.11 Å². The van der Waals surface area contributed by atoms with E-state index in [9.17, 15) is 14.4 Å². The van der Waals surface area contributed by atoms with E-state index >= 15 is 0 Å². The summed E-state index contributed by atoms with van der Waals surface area (Å²) in [5, 5.41) is 0. The molecule has 0 aliphatic carbocycles. The van der Waals surface area contributed by atoms with Gasteiger partial charge in [0.1, 0.15) is 5.78 Å². The number of hydrogen-bond donors (Lipinski definition) is 2. The van der Waals surface area contributed by atoms with Gasteiger partial charge in [0.25, 0.3) is 0 Å². The van der Waals surface area contributed by atoms with Crippen molar-refractivity contribution in [3.05, 3.63) is 0 Å². The van der Waals surface area contributed by atoms with Gasteiger partial charge in [-0.2, -0.15) is 0 Å². The van der Waals surface area contributed by atoms with Crippen LogP contribution in [-0.4, -0.2) is 24.9 Å². The largest absolute Gasteiger partial charge is 0.452 e. The lowest BCUT2D eigenvalue weighted by atomic mass is 10.1. The molecule has 0 heterocycles. The van der Waals surface area contributed by atoms with Crippen LogP contribution in [0.5, 0.6) is 0 Å². The van der Waals surface area contributed by atoms with Gasteiger partial charge in [-0.1, -0.05) is 6.92 Å². The SMILES string of the molecule is CCC(=O)CCCCC(=O)NNC(=O)OC. The summed E-state index contributed by atoms with van der Waals surface area (Å²) in [5.74, 6) is -0.0950. The van der Waals surface area contributed by atoms with E-state index in [4.69, 9.17) is 0 Å². The van der Waals surface area contributed by atoms with Crippen LogP contribution in [0.1, 0.15) is 39.0 Å². The summed E-state index contributed by atoms with van der Waals surface area (Å²) < 4.78 is 4.26. The van der Waals surface area contributed by atoms with Gasteiger partial charge in [-0.15, -0.1) is 0 Å². The quantitative estimate of drug-likeness (QED) is 0.524. The summed E-state index contributed by atoms with van der Waals surface area (Å²) in [5.41, 5.74) is 4.25. The molecule has 0 fully saturated rings. The summed E-state index contributed by atoms with van der Waals surface area (Å²) >= 11 is 0. The number of hydrazine groups is 1. The third-order valence-electron chi connectivity index (χ3n) is 1.99. The summed E-state index contributed by atoms with van der Waals surface area (Å²) in [6, 6.07) is 0. The molecule has 6 heteroatoms. The van der Waals surface area contributed by atoms with Crippen LogP contribution in [0.4, 0.5) is 4.79 Å². The molecule has 0 aromatic rings. The molecule has 2 amide bonds. The second-order valence-electron chi connectivity index (χ2n) is 3.26. The molecule has 0 aliphatic rings. The van der Waals surface area contributed by atoms with Crippen LogP contribution < -0.4 is 10.9 Å². The Bertz CT molecular complexity index is 253. The first-order valence-electron chi connectivity index (χ1n) is 5.24. The van der Waals surface area contributed by atoms with Gasteiger partial charge in [-0.05, 0) is 12.8 Å². The molecule has 16 heavy (non-hydrogen) atoms. The second-order valence-corrected chi connectivity index (χ2v) is 3.26. The van der Waals surface area contributed by atoms with Crippen LogP contribution in [0.25, 0.3) is 0 Å². The number of hydrogen-bond acceptors (Lipinski definition) is 4. The third kappa shape index (κ3) is 7.78. The predicted molar refractivity (Wildman–Crippen MR) is 57.4 cm³/mol. The van der Waals surface area contributed by atoms with Gasteiger partial charge < -0.3 is 4.74 Å². The molecule has 0 atom stereocenters. The number of ketones is 1. The highest BCUT2D eigenvalue weighted by molar-refractivity contribution is 5.79. The predicted octanol–water partition coefficient (Wildman–Crippen LogP) is 0.913. The normalized spacial score (nSPS) is 9.38. The van der Waals surface area contributed by atoms with Gasteiger partial charge in [0.2, 0.25) is 5.91 Å². The van der Waals surface area contributed by atoms with Crippen molar-refractivity contribution in [3.8, 4) is 0 Å². The Labute approximate surface area is 94.7 Å². The summed E-state index contributed by atoms with van der Waals surface area (Å²) in [7, 11) is 1.21. The fourth-order valence-corrected chi connectivity index (χ4v) is 1.02. The highest BCUT2D eigenvalue weighted by Gasteiger charge is 2.04. The highest BCUT2D eigenvalue weighted by atomic mass is 16.5. The van der Waals surface area contributed by atoms with Gasteiger partial charge in [-0.3, -0.25) is 15.0 Å². The molecule has 0 spiro atoms. The Morgan fingerprint density at radius 2 is 1.69 bits per heavy atom. The van der Waals surface area contributed by atoms with E-state index < -0.39 is 6.09 Å². The molecule has 0 aromatic heterocycles. The second kappa shape index (κ2) is 8.70. The van der Waals surface area contributed by atoms with Crippen LogP contribution >= 0.6 is 0 Å². The number of rotatable bonds is 6.